The maximum absolute atomic E-state index is 11.8. The molecular weight excluding hydrogens is 234 g/mol. The van der Waals surface area contributed by atoms with Crippen molar-refractivity contribution in [1.82, 2.24) is 10.3 Å². The Morgan fingerprint density at radius 2 is 2.11 bits per heavy atom. The summed E-state index contributed by atoms with van der Waals surface area (Å²) in [6, 6.07) is 0. The quantitative estimate of drug-likeness (QED) is 0.449. The van der Waals surface area contributed by atoms with Crippen LogP contribution < -0.4 is 11.3 Å². The van der Waals surface area contributed by atoms with E-state index in [1.54, 1.807) is 4.90 Å². The van der Waals surface area contributed by atoms with Crippen molar-refractivity contribution in [3.8, 4) is 0 Å². The SMILES string of the molecule is CC(C)(C)OC(=O)N1CCC(CCC(=O)NN)C1. The number of nitrogens with zero attached hydrogens (tertiary/aromatic N) is 1. The van der Waals surface area contributed by atoms with Crippen LogP contribution in [-0.2, 0) is 9.53 Å². The third-order valence-corrected chi connectivity index (χ3v) is 2.88. The molecule has 1 aliphatic rings. The highest BCUT2D eigenvalue weighted by Crippen LogP contribution is 2.22. The Balaban J connectivity index is 2.32. The van der Waals surface area contributed by atoms with Crippen molar-refractivity contribution >= 4 is 12.0 Å². The van der Waals surface area contributed by atoms with E-state index >= 15 is 0 Å². The smallest absolute Gasteiger partial charge is 0.410 e. The first kappa shape index (κ1) is 14.8. The lowest BCUT2D eigenvalue weighted by Crippen LogP contribution is -2.35. The van der Waals surface area contributed by atoms with E-state index in [9.17, 15) is 9.59 Å². The van der Waals surface area contributed by atoms with Crippen LogP contribution in [0, 0.1) is 5.92 Å². The Bertz CT molecular complexity index is 312. The normalized spacial score (nSPS) is 19.8. The van der Waals surface area contributed by atoms with Crippen LogP contribution in [0.25, 0.3) is 0 Å². The maximum Gasteiger partial charge on any atom is 0.410 e. The lowest BCUT2D eigenvalue weighted by Gasteiger charge is -2.24. The van der Waals surface area contributed by atoms with Crippen LogP contribution in [0.5, 0.6) is 0 Å². The van der Waals surface area contributed by atoms with Gasteiger partial charge in [0, 0.05) is 19.5 Å². The van der Waals surface area contributed by atoms with E-state index in [0.717, 1.165) is 12.8 Å². The number of hydrogen-bond donors (Lipinski definition) is 2. The molecule has 18 heavy (non-hydrogen) atoms. The Hall–Kier alpha value is -1.30. The summed E-state index contributed by atoms with van der Waals surface area (Å²) in [5.41, 5.74) is 1.65. The Morgan fingerprint density at radius 1 is 1.44 bits per heavy atom. The van der Waals surface area contributed by atoms with Gasteiger partial charge in [-0.25, -0.2) is 10.6 Å². The van der Waals surface area contributed by atoms with Gasteiger partial charge in [0.1, 0.15) is 5.60 Å². The monoisotopic (exact) mass is 257 g/mol. The van der Waals surface area contributed by atoms with Crippen molar-refractivity contribution in [2.45, 2.75) is 45.6 Å². The zero-order chi connectivity index (χ0) is 13.8. The summed E-state index contributed by atoms with van der Waals surface area (Å²) in [6.45, 7) is 6.91. The summed E-state index contributed by atoms with van der Waals surface area (Å²) in [5.74, 6) is 5.21. The number of hydrazine groups is 1. The third kappa shape index (κ3) is 4.91. The van der Waals surface area contributed by atoms with Gasteiger partial charge in [-0.3, -0.25) is 10.2 Å². The van der Waals surface area contributed by atoms with Crippen LogP contribution in [0.4, 0.5) is 4.79 Å². The lowest BCUT2D eigenvalue weighted by molar-refractivity contribution is -0.121. The fraction of sp³-hybridized carbons (Fsp3) is 0.833. The Morgan fingerprint density at radius 3 is 2.67 bits per heavy atom. The molecule has 0 aliphatic carbocycles. The molecule has 3 N–H and O–H groups in total. The second-order valence-electron chi connectivity index (χ2n) is 5.69. The van der Waals surface area contributed by atoms with Gasteiger partial charge in [-0.05, 0) is 39.5 Å². The van der Waals surface area contributed by atoms with Gasteiger partial charge in [-0.1, -0.05) is 0 Å². The van der Waals surface area contributed by atoms with Crippen molar-refractivity contribution in [2.75, 3.05) is 13.1 Å². The zero-order valence-corrected chi connectivity index (χ0v) is 11.4. The molecule has 1 aliphatic heterocycles. The van der Waals surface area contributed by atoms with E-state index < -0.39 is 5.60 Å². The minimum Gasteiger partial charge on any atom is -0.444 e. The largest absolute Gasteiger partial charge is 0.444 e. The first-order chi connectivity index (χ1) is 8.31. The zero-order valence-electron chi connectivity index (χ0n) is 11.4. The Kier molecular flexibility index (Phi) is 4.95. The van der Waals surface area contributed by atoms with E-state index in [0.29, 0.717) is 25.4 Å². The number of nitrogens with two attached hydrogens (primary N) is 1. The number of carbonyl (C=O) groups excluding carboxylic acids is 2. The predicted octanol–water partition coefficient (Wildman–Crippen LogP) is 1.01. The topological polar surface area (TPSA) is 84.7 Å². The Labute approximate surface area is 108 Å². The molecule has 1 fully saturated rings. The molecule has 104 valence electrons. The van der Waals surface area contributed by atoms with E-state index in [-0.39, 0.29) is 12.0 Å². The van der Waals surface area contributed by atoms with E-state index in [1.165, 1.54) is 0 Å². The molecule has 1 atom stereocenters. The minimum absolute atomic E-state index is 0.161. The molecule has 0 aromatic heterocycles. The summed E-state index contributed by atoms with van der Waals surface area (Å²) in [5, 5.41) is 0. The summed E-state index contributed by atoms with van der Waals surface area (Å²) in [7, 11) is 0. The van der Waals surface area contributed by atoms with Crippen LogP contribution in [0.15, 0.2) is 0 Å². The molecule has 0 bridgehead atoms. The van der Waals surface area contributed by atoms with Gasteiger partial charge < -0.3 is 9.64 Å². The number of rotatable bonds is 3. The molecule has 0 saturated carbocycles. The van der Waals surface area contributed by atoms with Gasteiger partial charge >= 0.3 is 6.09 Å². The first-order valence-electron chi connectivity index (χ1n) is 6.29. The third-order valence-electron chi connectivity index (χ3n) is 2.88. The fourth-order valence-corrected chi connectivity index (χ4v) is 1.97. The van der Waals surface area contributed by atoms with E-state index in [1.807, 2.05) is 20.8 Å². The summed E-state index contributed by atoms with van der Waals surface area (Å²) in [4.78, 5) is 24.5. The first-order valence-corrected chi connectivity index (χ1v) is 6.29. The average Bonchev–Trinajstić information content (AvgIpc) is 2.72. The number of nitrogens with one attached hydrogen (secondary N) is 1. The van der Waals surface area contributed by atoms with Gasteiger partial charge in [0.15, 0.2) is 0 Å². The van der Waals surface area contributed by atoms with Crippen molar-refractivity contribution in [3.63, 3.8) is 0 Å². The summed E-state index contributed by atoms with van der Waals surface area (Å²) < 4.78 is 5.30. The van der Waals surface area contributed by atoms with Gasteiger partial charge in [-0.2, -0.15) is 0 Å². The van der Waals surface area contributed by atoms with Gasteiger partial charge in [0.05, 0.1) is 0 Å². The average molecular weight is 257 g/mol. The van der Waals surface area contributed by atoms with Crippen molar-refractivity contribution in [1.29, 1.82) is 0 Å². The van der Waals surface area contributed by atoms with E-state index in [2.05, 4.69) is 5.43 Å². The van der Waals surface area contributed by atoms with Crippen LogP contribution in [0.2, 0.25) is 0 Å². The molecule has 0 aromatic rings. The second-order valence-corrected chi connectivity index (χ2v) is 5.69. The molecule has 0 aromatic carbocycles. The second kappa shape index (κ2) is 6.04. The minimum atomic E-state index is -0.464. The number of hydrogen-bond acceptors (Lipinski definition) is 4. The number of likely N-dealkylation sites (tertiary alicyclic amines) is 1. The van der Waals surface area contributed by atoms with Crippen LogP contribution in [0.3, 0.4) is 0 Å². The molecule has 0 spiro atoms. The van der Waals surface area contributed by atoms with Crippen LogP contribution >= 0.6 is 0 Å². The maximum atomic E-state index is 11.8. The van der Waals surface area contributed by atoms with Crippen LogP contribution in [-0.4, -0.2) is 35.6 Å². The molecule has 1 saturated heterocycles. The fourth-order valence-electron chi connectivity index (χ4n) is 1.97. The van der Waals surface area contributed by atoms with Gasteiger partial charge in [-0.15, -0.1) is 0 Å². The molecular formula is C12H23N3O3. The highest BCUT2D eigenvalue weighted by Gasteiger charge is 2.29. The molecule has 1 heterocycles. The van der Waals surface area contributed by atoms with Crippen molar-refractivity contribution < 1.29 is 14.3 Å². The number of ether oxygens (including phenoxy) is 1. The molecule has 2 amide bonds. The molecule has 1 unspecified atom stereocenters. The van der Waals surface area contributed by atoms with Gasteiger partial charge in [0.25, 0.3) is 0 Å². The molecule has 6 nitrogen and oxygen atoms in total. The summed E-state index contributed by atoms with van der Waals surface area (Å²) >= 11 is 0. The van der Waals surface area contributed by atoms with Gasteiger partial charge in [0.2, 0.25) is 5.91 Å². The molecule has 0 radical (unpaired) electrons. The highest BCUT2D eigenvalue weighted by atomic mass is 16.6. The summed E-state index contributed by atoms with van der Waals surface area (Å²) in [6.07, 6.45) is 1.80. The standard InChI is InChI=1S/C12H23N3O3/c1-12(2,3)18-11(17)15-7-6-9(8-15)4-5-10(16)14-13/h9H,4-8,13H2,1-3H3,(H,14,16). The predicted molar refractivity (Wildman–Crippen MR) is 67.5 cm³/mol. The lowest BCUT2D eigenvalue weighted by atomic mass is 10.0. The molecule has 1 rings (SSSR count). The van der Waals surface area contributed by atoms with Crippen molar-refractivity contribution in [3.05, 3.63) is 0 Å². The number of carbonyl (C=O) groups is 2. The number of amides is 2. The van der Waals surface area contributed by atoms with Crippen LogP contribution in [0.1, 0.15) is 40.0 Å². The van der Waals surface area contributed by atoms with E-state index in [4.69, 9.17) is 10.6 Å². The highest BCUT2D eigenvalue weighted by molar-refractivity contribution is 5.75. The van der Waals surface area contributed by atoms with Crippen molar-refractivity contribution in [2.24, 2.45) is 11.8 Å². The molecule has 6 heteroatoms.